The lowest BCUT2D eigenvalue weighted by Gasteiger charge is -2.29. The molecule has 2 N–H and O–H groups in total. The number of carbonyl (C=O) groups is 4. The zero-order valence-electron chi connectivity index (χ0n) is 14.2. The van der Waals surface area contributed by atoms with Crippen LogP contribution >= 0.6 is 0 Å². The highest BCUT2D eigenvalue weighted by Gasteiger charge is 2.47. The first-order chi connectivity index (χ1) is 10.4. The van der Waals surface area contributed by atoms with Crippen molar-refractivity contribution in [3.63, 3.8) is 0 Å². The van der Waals surface area contributed by atoms with Crippen LogP contribution in [-0.4, -0.2) is 33.7 Å². The molecule has 0 bridgehead atoms. The highest BCUT2D eigenvalue weighted by atomic mass is 16.4. The van der Waals surface area contributed by atoms with Crippen LogP contribution in [0.2, 0.25) is 0 Å². The lowest BCUT2D eigenvalue weighted by Crippen LogP contribution is -2.40. The molecule has 0 rings (SSSR count). The third-order valence-electron chi connectivity index (χ3n) is 3.51. The van der Waals surface area contributed by atoms with E-state index in [-0.39, 0.29) is 36.2 Å². The van der Waals surface area contributed by atoms with Crippen LogP contribution in [0.25, 0.3) is 0 Å². The molecule has 0 aliphatic heterocycles. The van der Waals surface area contributed by atoms with Crippen molar-refractivity contribution in [3.05, 3.63) is 12.2 Å². The SMILES string of the molecule is C=C(C(=O)O)C(CC(=O)CC(C)C)(CC(=O)CC(C)C)C(=O)O. The molecule has 130 valence electrons. The predicted octanol–water partition coefficient (Wildman–Crippen LogP) is 2.71. The Morgan fingerprint density at radius 3 is 1.43 bits per heavy atom. The minimum Gasteiger partial charge on any atom is -0.481 e. The van der Waals surface area contributed by atoms with Crippen molar-refractivity contribution in [1.29, 1.82) is 0 Å². The predicted molar refractivity (Wildman–Crippen MR) is 85.0 cm³/mol. The van der Waals surface area contributed by atoms with Gasteiger partial charge in [0.1, 0.15) is 17.0 Å². The molecular weight excluding hydrogens is 300 g/mol. The molecule has 0 aromatic carbocycles. The number of ketones is 2. The van der Waals surface area contributed by atoms with E-state index in [9.17, 15) is 29.4 Å². The quantitative estimate of drug-likeness (QED) is 0.565. The number of carboxylic acids is 2. The number of rotatable bonds is 11. The molecule has 0 heterocycles. The molecule has 0 aromatic rings. The maximum absolute atomic E-state index is 12.1. The summed E-state index contributed by atoms with van der Waals surface area (Å²) in [5, 5.41) is 18.8. The van der Waals surface area contributed by atoms with Crippen molar-refractivity contribution in [2.24, 2.45) is 17.3 Å². The first kappa shape index (κ1) is 21.0. The smallest absolute Gasteiger partial charge is 0.332 e. The molecule has 0 aliphatic carbocycles. The molecule has 0 saturated heterocycles. The standard InChI is InChI=1S/C17H26O6/c1-10(2)6-13(18)8-17(16(22)23,12(5)15(20)21)9-14(19)7-11(3)4/h10-11H,5-9H2,1-4H3,(H,20,21)(H,22,23). The fourth-order valence-electron chi connectivity index (χ4n) is 2.49. The van der Waals surface area contributed by atoms with Gasteiger partial charge in [-0.3, -0.25) is 14.4 Å². The lowest BCUT2D eigenvalue weighted by atomic mass is 9.71. The van der Waals surface area contributed by atoms with E-state index >= 15 is 0 Å². The number of Topliss-reactive ketones (excluding diaryl/α,β-unsaturated/α-hetero) is 2. The molecule has 6 heteroatoms. The van der Waals surface area contributed by atoms with Crippen LogP contribution in [0.15, 0.2) is 12.2 Å². The van der Waals surface area contributed by atoms with Crippen LogP contribution in [0, 0.1) is 17.3 Å². The number of aliphatic carboxylic acids is 2. The maximum Gasteiger partial charge on any atom is 0.332 e. The summed E-state index contributed by atoms with van der Waals surface area (Å²) in [6.07, 6.45) is -0.814. The van der Waals surface area contributed by atoms with Crippen molar-refractivity contribution in [3.8, 4) is 0 Å². The molecule has 0 fully saturated rings. The minimum absolute atomic E-state index is 0.0125. The van der Waals surface area contributed by atoms with Gasteiger partial charge in [0, 0.05) is 31.3 Å². The number of hydrogen-bond acceptors (Lipinski definition) is 4. The highest BCUT2D eigenvalue weighted by Crippen LogP contribution is 2.37. The minimum atomic E-state index is -2.08. The third kappa shape index (κ3) is 6.34. The molecule has 0 amide bonds. The fraction of sp³-hybridized carbons (Fsp3) is 0.647. The Balaban J connectivity index is 5.66. The van der Waals surface area contributed by atoms with Gasteiger partial charge in [-0.05, 0) is 11.8 Å². The van der Waals surface area contributed by atoms with Gasteiger partial charge in [-0.15, -0.1) is 0 Å². The second-order valence-corrected chi connectivity index (χ2v) is 6.80. The fourth-order valence-corrected chi connectivity index (χ4v) is 2.49. The number of hydrogen-bond donors (Lipinski definition) is 2. The average Bonchev–Trinajstić information content (AvgIpc) is 2.34. The second kappa shape index (κ2) is 8.60. The maximum atomic E-state index is 12.1. The summed E-state index contributed by atoms with van der Waals surface area (Å²) in [7, 11) is 0. The Morgan fingerprint density at radius 2 is 1.22 bits per heavy atom. The van der Waals surface area contributed by atoms with E-state index in [1.54, 1.807) is 27.7 Å². The van der Waals surface area contributed by atoms with Crippen molar-refractivity contribution in [2.75, 3.05) is 0 Å². The second-order valence-electron chi connectivity index (χ2n) is 6.80. The van der Waals surface area contributed by atoms with Crippen molar-refractivity contribution in [1.82, 2.24) is 0 Å². The first-order valence-electron chi connectivity index (χ1n) is 7.61. The molecular formula is C17H26O6. The van der Waals surface area contributed by atoms with Gasteiger partial charge in [-0.2, -0.15) is 0 Å². The van der Waals surface area contributed by atoms with Crippen molar-refractivity contribution in [2.45, 2.75) is 53.4 Å². The van der Waals surface area contributed by atoms with Crippen LogP contribution in [0.4, 0.5) is 0 Å². The average molecular weight is 326 g/mol. The summed E-state index contributed by atoms with van der Waals surface area (Å²) >= 11 is 0. The lowest BCUT2D eigenvalue weighted by molar-refractivity contribution is -0.154. The van der Waals surface area contributed by atoms with E-state index in [4.69, 9.17) is 0 Å². The van der Waals surface area contributed by atoms with Gasteiger partial charge < -0.3 is 10.2 Å². The van der Waals surface area contributed by atoms with Gasteiger partial charge in [-0.1, -0.05) is 34.3 Å². The van der Waals surface area contributed by atoms with Crippen LogP contribution in [0.1, 0.15) is 53.4 Å². The summed E-state index contributed by atoms with van der Waals surface area (Å²) in [4.78, 5) is 47.2. The number of carbonyl (C=O) groups excluding carboxylic acids is 2. The molecule has 0 atom stereocenters. The van der Waals surface area contributed by atoms with E-state index in [1.807, 2.05) is 0 Å². The Hall–Kier alpha value is -1.98. The third-order valence-corrected chi connectivity index (χ3v) is 3.51. The number of carboxylic acid groups (broad SMARTS) is 2. The van der Waals surface area contributed by atoms with E-state index in [1.165, 1.54) is 0 Å². The Morgan fingerprint density at radius 1 is 0.870 bits per heavy atom. The zero-order valence-corrected chi connectivity index (χ0v) is 14.2. The Kier molecular flexibility index (Phi) is 7.86. The van der Waals surface area contributed by atoms with Crippen LogP contribution in [0.3, 0.4) is 0 Å². The van der Waals surface area contributed by atoms with E-state index in [2.05, 4.69) is 6.58 Å². The van der Waals surface area contributed by atoms with Gasteiger partial charge in [-0.25, -0.2) is 4.79 Å². The van der Waals surface area contributed by atoms with Gasteiger partial charge in [0.2, 0.25) is 0 Å². The van der Waals surface area contributed by atoms with Gasteiger partial charge in [0.25, 0.3) is 0 Å². The molecule has 23 heavy (non-hydrogen) atoms. The van der Waals surface area contributed by atoms with Gasteiger partial charge in [0.15, 0.2) is 0 Å². The Labute approximate surface area is 136 Å². The highest BCUT2D eigenvalue weighted by molar-refractivity contribution is 6.01. The van der Waals surface area contributed by atoms with Crippen LogP contribution in [0.5, 0.6) is 0 Å². The van der Waals surface area contributed by atoms with Gasteiger partial charge >= 0.3 is 11.9 Å². The normalized spacial score (nSPS) is 11.6. The monoisotopic (exact) mass is 326 g/mol. The Bertz CT molecular complexity index is 477. The summed E-state index contributed by atoms with van der Waals surface area (Å²) in [5.74, 6) is -3.76. The van der Waals surface area contributed by atoms with E-state index in [0.717, 1.165) is 0 Å². The summed E-state index contributed by atoms with van der Waals surface area (Å²) < 4.78 is 0. The van der Waals surface area contributed by atoms with E-state index in [0.29, 0.717) is 0 Å². The molecule has 0 aliphatic rings. The zero-order chi connectivity index (χ0) is 18.4. The topological polar surface area (TPSA) is 109 Å². The van der Waals surface area contributed by atoms with Gasteiger partial charge in [0.05, 0.1) is 0 Å². The summed E-state index contributed by atoms with van der Waals surface area (Å²) in [5.41, 5.74) is -2.71. The molecule has 0 aromatic heterocycles. The van der Waals surface area contributed by atoms with E-state index < -0.39 is 35.8 Å². The largest absolute Gasteiger partial charge is 0.481 e. The molecule has 0 radical (unpaired) electrons. The van der Waals surface area contributed by atoms with Crippen LogP contribution < -0.4 is 0 Å². The first-order valence-corrected chi connectivity index (χ1v) is 7.61. The molecule has 0 saturated carbocycles. The summed E-state index contributed by atoms with van der Waals surface area (Å²) in [6, 6.07) is 0. The van der Waals surface area contributed by atoms with Crippen molar-refractivity contribution < 1.29 is 29.4 Å². The summed E-state index contributed by atoms with van der Waals surface area (Å²) in [6.45, 7) is 10.5. The molecule has 0 spiro atoms. The van der Waals surface area contributed by atoms with Crippen molar-refractivity contribution >= 4 is 23.5 Å². The molecule has 0 unspecified atom stereocenters. The molecule has 6 nitrogen and oxygen atoms in total. The van der Waals surface area contributed by atoms with Crippen LogP contribution in [-0.2, 0) is 19.2 Å².